The number of carboxylic acid groups (broad SMARTS) is 1. The molecule has 1 N–H and O–H groups in total. The number of hydrogen-bond acceptors (Lipinski definition) is 4. The Hall–Kier alpha value is -2.41. The third-order valence-corrected chi connectivity index (χ3v) is 2.90. The molecule has 0 aliphatic heterocycles. The van der Waals surface area contributed by atoms with Gasteiger partial charge in [0.15, 0.2) is 0 Å². The highest BCUT2D eigenvalue weighted by atomic mass is 35.5. The van der Waals surface area contributed by atoms with Crippen LogP contribution in [0.4, 0.5) is 4.79 Å². The van der Waals surface area contributed by atoms with E-state index in [-0.39, 0.29) is 5.15 Å². The second kappa shape index (κ2) is 4.06. The molecule has 3 heterocycles. The number of pyridine rings is 1. The summed E-state index contributed by atoms with van der Waals surface area (Å²) in [4.78, 5) is 15.1. The van der Waals surface area contributed by atoms with Gasteiger partial charge in [0.2, 0.25) is 0 Å². The van der Waals surface area contributed by atoms with Gasteiger partial charge < -0.3 is 5.11 Å². The van der Waals surface area contributed by atoms with Gasteiger partial charge in [-0.05, 0) is 6.07 Å². The van der Waals surface area contributed by atoms with Crippen molar-refractivity contribution in [3.05, 3.63) is 29.8 Å². The number of aryl methyl sites for hydroxylation is 1. The van der Waals surface area contributed by atoms with E-state index in [9.17, 15) is 4.79 Å². The molecule has 0 saturated heterocycles. The van der Waals surface area contributed by atoms with Gasteiger partial charge in [-0.15, -0.1) is 0 Å². The van der Waals surface area contributed by atoms with Crippen molar-refractivity contribution in [3.63, 3.8) is 0 Å². The first-order valence-electron chi connectivity index (χ1n) is 5.33. The van der Waals surface area contributed by atoms with Crippen LogP contribution in [0.15, 0.2) is 24.7 Å². The summed E-state index contributed by atoms with van der Waals surface area (Å²) in [5.41, 5.74) is 1.61. The summed E-state index contributed by atoms with van der Waals surface area (Å²) in [5, 5.41) is 18.2. The molecule has 19 heavy (non-hydrogen) atoms. The van der Waals surface area contributed by atoms with Crippen molar-refractivity contribution in [1.82, 2.24) is 24.5 Å². The smallest absolute Gasteiger partial charge is 0.432 e. The number of halogens is 1. The largest absolute Gasteiger partial charge is 0.463 e. The molecule has 0 aliphatic rings. The highest BCUT2D eigenvalue weighted by Gasteiger charge is 2.17. The number of hydrogen-bond donors (Lipinski definition) is 1. The second-order valence-corrected chi connectivity index (χ2v) is 4.36. The van der Waals surface area contributed by atoms with Crippen LogP contribution in [-0.4, -0.2) is 35.7 Å². The van der Waals surface area contributed by atoms with Crippen LogP contribution in [0.3, 0.4) is 0 Å². The van der Waals surface area contributed by atoms with Crippen LogP contribution in [0.25, 0.3) is 22.2 Å². The summed E-state index contributed by atoms with van der Waals surface area (Å²) in [7, 11) is 1.77. The summed E-state index contributed by atoms with van der Waals surface area (Å²) >= 11 is 5.86. The lowest BCUT2D eigenvalue weighted by Crippen LogP contribution is -2.09. The van der Waals surface area contributed by atoms with Crippen LogP contribution >= 0.6 is 11.6 Å². The van der Waals surface area contributed by atoms with Gasteiger partial charge in [-0.25, -0.2) is 9.78 Å². The fourth-order valence-corrected chi connectivity index (χ4v) is 2.05. The van der Waals surface area contributed by atoms with Gasteiger partial charge in [-0.2, -0.15) is 14.9 Å². The zero-order valence-electron chi connectivity index (χ0n) is 9.78. The van der Waals surface area contributed by atoms with Crippen molar-refractivity contribution in [1.29, 1.82) is 0 Å². The van der Waals surface area contributed by atoms with E-state index in [0.29, 0.717) is 16.6 Å². The Bertz CT molecular complexity index is 792. The van der Waals surface area contributed by atoms with E-state index >= 15 is 0 Å². The number of carbonyl (C=O) groups is 1. The van der Waals surface area contributed by atoms with Crippen molar-refractivity contribution in [2.24, 2.45) is 7.05 Å². The molecule has 7 nitrogen and oxygen atoms in total. The monoisotopic (exact) mass is 277 g/mol. The van der Waals surface area contributed by atoms with E-state index in [0.717, 1.165) is 10.2 Å². The van der Waals surface area contributed by atoms with Gasteiger partial charge in [0, 0.05) is 24.2 Å². The summed E-state index contributed by atoms with van der Waals surface area (Å²) in [6, 6.07) is 1.59. The molecule has 3 aromatic heterocycles. The van der Waals surface area contributed by atoms with Crippen molar-refractivity contribution in [2.75, 3.05) is 0 Å². The van der Waals surface area contributed by atoms with Crippen LogP contribution in [0.1, 0.15) is 0 Å². The Morgan fingerprint density at radius 1 is 1.42 bits per heavy atom. The van der Waals surface area contributed by atoms with Crippen LogP contribution in [-0.2, 0) is 7.05 Å². The van der Waals surface area contributed by atoms with Crippen molar-refractivity contribution in [2.45, 2.75) is 0 Å². The van der Waals surface area contributed by atoms with Gasteiger partial charge in [0.05, 0.1) is 17.9 Å². The first-order valence-corrected chi connectivity index (χ1v) is 5.70. The Kier molecular flexibility index (Phi) is 2.49. The normalized spacial score (nSPS) is 11.1. The Balaban J connectivity index is 2.35. The molecule has 0 spiro atoms. The lowest BCUT2D eigenvalue weighted by atomic mass is 10.2. The predicted molar refractivity (Wildman–Crippen MR) is 68.2 cm³/mol. The Morgan fingerprint density at radius 2 is 2.21 bits per heavy atom. The molecule has 0 atom stereocenters. The summed E-state index contributed by atoms with van der Waals surface area (Å²) in [6.45, 7) is 0. The van der Waals surface area contributed by atoms with Crippen molar-refractivity contribution >= 4 is 28.6 Å². The molecule has 0 saturated carbocycles. The third kappa shape index (κ3) is 1.84. The minimum atomic E-state index is -1.18. The Labute approximate surface area is 112 Å². The van der Waals surface area contributed by atoms with Gasteiger partial charge in [-0.1, -0.05) is 11.6 Å². The molecule has 0 radical (unpaired) electrons. The predicted octanol–water partition coefficient (Wildman–Crippen LogP) is 2.01. The average Bonchev–Trinajstić information content (AvgIpc) is 2.92. The molecule has 0 aliphatic carbocycles. The SMILES string of the molecule is Cn1cc(-c2nn(C(=O)O)c3cnc(Cl)cc23)cn1. The van der Waals surface area contributed by atoms with Crippen LogP contribution in [0.2, 0.25) is 5.15 Å². The van der Waals surface area contributed by atoms with Gasteiger partial charge >= 0.3 is 6.09 Å². The molecular formula is C11H8ClN5O2. The fourth-order valence-electron chi connectivity index (χ4n) is 1.89. The van der Waals surface area contributed by atoms with Gasteiger partial charge in [-0.3, -0.25) is 4.68 Å². The molecule has 96 valence electrons. The fraction of sp³-hybridized carbons (Fsp3) is 0.0909. The van der Waals surface area contributed by atoms with E-state index in [1.54, 1.807) is 30.2 Å². The van der Waals surface area contributed by atoms with E-state index in [4.69, 9.17) is 16.7 Å². The molecular weight excluding hydrogens is 270 g/mol. The quantitative estimate of drug-likeness (QED) is 0.688. The van der Waals surface area contributed by atoms with Crippen molar-refractivity contribution in [3.8, 4) is 11.3 Å². The first kappa shape index (κ1) is 11.7. The topological polar surface area (TPSA) is 85.8 Å². The summed E-state index contributed by atoms with van der Waals surface area (Å²) in [5.74, 6) is 0. The van der Waals surface area contributed by atoms with Gasteiger partial charge in [0.25, 0.3) is 0 Å². The molecule has 0 unspecified atom stereocenters. The average molecular weight is 278 g/mol. The number of nitrogens with zero attached hydrogens (tertiary/aromatic N) is 5. The highest BCUT2D eigenvalue weighted by Crippen LogP contribution is 2.28. The Morgan fingerprint density at radius 3 is 2.84 bits per heavy atom. The van der Waals surface area contributed by atoms with E-state index in [1.807, 2.05) is 0 Å². The maximum Gasteiger partial charge on any atom is 0.432 e. The third-order valence-electron chi connectivity index (χ3n) is 2.69. The second-order valence-electron chi connectivity index (χ2n) is 3.97. The minimum absolute atomic E-state index is 0.280. The molecule has 8 heteroatoms. The standard InChI is InChI=1S/C11H8ClN5O2/c1-16-5-6(3-14-16)10-7-2-9(12)13-4-8(7)17(15-10)11(18)19/h2-5H,1H3,(H,18,19). The minimum Gasteiger partial charge on any atom is -0.463 e. The van der Waals surface area contributed by atoms with Crippen molar-refractivity contribution < 1.29 is 9.90 Å². The van der Waals surface area contributed by atoms with Gasteiger partial charge in [0.1, 0.15) is 10.8 Å². The zero-order valence-corrected chi connectivity index (χ0v) is 10.5. The molecule has 3 aromatic rings. The summed E-state index contributed by atoms with van der Waals surface area (Å²) in [6.07, 6.45) is 3.58. The number of aromatic nitrogens is 5. The lowest BCUT2D eigenvalue weighted by Gasteiger charge is -1.94. The lowest BCUT2D eigenvalue weighted by molar-refractivity contribution is 0.194. The highest BCUT2D eigenvalue weighted by molar-refractivity contribution is 6.30. The van der Waals surface area contributed by atoms with E-state index in [2.05, 4.69) is 15.2 Å². The van der Waals surface area contributed by atoms with Crippen LogP contribution in [0, 0.1) is 0 Å². The summed E-state index contributed by atoms with van der Waals surface area (Å²) < 4.78 is 2.49. The maximum atomic E-state index is 11.2. The number of rotatable bonds is 1. The van der Waals surface area contributed by atoms with Crippen LogP contribution < -0.4 is 0 Å². The molecule has 0 aromatic carbocycles. The number of fused-ring (bicyclic) bond motifs is 1. The molecule has 0 bridgehead atoms. The zero-order chi connectivity index (χ0) is 13.6. The molecule has 0 fully saturated rings. The maximum absolute atomic E-state index is 11.2. The van der Waals surface area contributed by atoms with E-state index < -0.39 is 6.09 Å². The molecule has 3 rings (SSSR count). The molecule has 0 amide bonds. The van der Waals surface area contributed by atoms with E-state index in [1.165, 1.54) is 6.20 Å². The van der Waals surface area contributed by atoms with Crippen LogP contribution in [0.5, 0.6) is 0 Å². The first-order chi connectivity index (χ1) is 9.06.